The maximum atomic E-state index is 12.2. The van der Waals surface area contributed by atoms with Crippen LogP contribution in [0.4, 0.5) is 5.69 Å². The number of amides is 3. The maximum absolute atomic E-state index is 12.2. The van der Waals surface area contributed by atoms with E-state index < -0.39 is 11.8 Å². The van der Waals surface area contributed by atoms with Gasteiger partial charge in [-0.15, -0.1) is 0 Å². The minimum absolute atomic E-state index is 0.0981. The molecule has 3 amide bonds. The summed E-state index contributed by atoms with van der Waals surface area (Å²) in [5, 5.41) is 7.64. The molecule has 1 aromatic carbocycles. The number of hydrogen-bond donors (Lipinski definition) is 3. The summed E-state index contributed by atoms with van der Waals surface area (Å²) < 4.78 is 10.0. The number of para-hydroxylation sites is 1. The first-order valence-electron chi connectivity index (χ1n) is 8.09. The molecule has 1 aromatic heterocycles. The molecule has 0 spiro atoms. The van der Waals surface area contributed by atoms with Gasteiger partial charge in [0.2, 0.25) is 0 Å². The van der Waals surface area contributed by atoms with Crippen LogP contribution in [0.15, 0.2) is 47.1 Å². The largest absolute Gasteiger partial charge is 0.467 e. The highest BCUT2D eigenvalue weighted by molar-refractivity contribution is 6.40. The van der Waals surface area contributed by atoms with E-state index in [0.29, 0.717) is 25.3 Å². The number of carbonyl (C=O) groups excluding carboxylic acids is 3. The molecule has 0 aliphatic heterocycles. The standard InChI is InChI=1S/C18H21N3O5/c1-25-10-5-9-19-16(22)14-7-2-3-8-15(14)21-18(24)17(23)20-12-13-6-4-11-26-13/h2-4,6-8,11H,5,9-10,12H2,1H3,(H,19,22)(H,20,23)(H,21,24). The molecule has 0 aliphatic rings. The summed E-state index contributed by atoms with van der Waals surface area (Å²) in [5.41, 5.74) is 0.534. The van der Waals surface area contributed by atoms with Gasteiger partial charge in [0.05, 0.1) is 24.1 Å². The molecule has 8 nitrogen and oxygen atoms in total. The van der Waals surface area contributed by atoms with Crippen LogP contribution < -0.4 is 16.0 Å². The number of furan rings is 1. The smallest absolute Gasteiger partial charge is 0.313 e. The lowest BCUT2D eigenvalue weighted by Gasteiger charge is -2.11. The molecule has 0 saturated carbocycles. The Balaban J connectivity index is 1.92. The van der Waals surface area contributed by atoms with Gasteiger partial charge in [0.15, 0.2) is 0 Å². The van der Waals surface area contributed by atoms with Gasteiger partial charge in [0.25, 0.3) is 5.91 Å². The van der Waals surface area contributed by atoms with Crippen LogP contribution in [0.3, 0.4) is 0 Å². The Labute approximate surface area is 150 Å². The number of benzene rings is 1. The summed E-state index contributed by atoms with van der Waals surface area (Å²) in [5.74, 6) is -1.50. The molecule has 0 atom stereocenters. The lowest BCUT2D eigenvalue weighted by Crippen LogP contribution is -2.35. The van der Waals surface area contributed by atoms with Gasteiger partial charge in [-0.2, -0.15) is 0 Å². The summed E-state index contributed by atoms with van der Waals surface area (Å²) in [6.07, 6.45) is 2.15. The van der Waals surface area contributed by atoms with Crippen LogP contribution in [0.25, 0.3) is 0 Å². The fraction of sp³-hybridized carbons (Fsp3) is 0.278. The van der Waals surface area contributed by atoms with Gasteiger partial charge in [-0.3, -0.25) is 14.4 Å². The molecule has 8 heteroatoms. The van der Waals surface area contributed by atoms with Gasteiger partial charge < -0.3 is 25.1 Å². The number of hydrogen-bond acceptors (Lipinski definition) is 5. The maximum Gasteiger partial charge on any atom is 0.313 e. The number of ether oxygens (including phenoxy) is 1. The highest BCUT2D eigenvalue weighted by atomic mass is 16.5. The van der Waals surface area contributed by atoms with Crippen molar-refractivity contribution in [1.82, 2.24) is 10.6 Å². The molecule has 0 aliphatic carbocycles. The Bertz CT molecular complexity index is 743. The second-order valence-electron chi connectivity index (χ2n) is 5.36. The Morgan fingerprint density at radius 3 is 2.58 bits per heavy atom. The molecule has 1 heterocycles. The van der Waals surface area contributed by atoms with Crippen LogP contribution >= 0.6 is 0 Å². The van der Waals surface area contributed by atoms with E-state index in [-0.39, 0.29) is 23.7 Å². The van der Waals surface area contributed by atoms with Gasteiger partial charge in [-0.1, -0.05) is 12.1 Å². The number of carbonyl (C=O) groups is 3. The first-order chi connectivity index (χ1) is 12.6. The van der Waals surface area contributed by atoms with Crippen molar-refractivity contribution in [3.05, 3.63) is 54.0 Å². The van der Waals surface area contributed by atoms with Crippen molar-refractivity contribution in [3.63, 3.8) is 0 Å². The molecule has 3 N–H and O–H groups in total. The van der Waals surface area contributed by atoms with E-state index >= 15 is 0 Å². The summed E-state index contributed by atoms with van der Waals surface area (Å²) in [6.45, 7) is 1.08. The van der Waals surface area contributed by atoms with Crippen LogP contribution in [-0.4, -0.2) is 38.0 Å². The Morgan fingerprint density at radius 2 is 1.85 bits per heavy atom. The number of rotatable bonds is 8. The molecule has 2 rings (SSSR count). The van der Waals surface area contributed by atoms with Crippen molar-refractivity contribution >= 4 is 23.4 Å². The Morgan fingerprint density at radius 1 is 1.04 bits per heavy atom. The molecule has 138 valence electrons. The molecule has 0 saturated heterocycles. The first kappa shape index (κ1) is 19.2. The van der Waals surface area contributed by atoms with Crippen LogP contribution in [-0.2, 0) is 20.9 Å². The fourth-order valence-corrected chi connectivity index (χ4v) is 2.14. The quantitative estimate of drug-likeness (QED) is 0.486. The predicted octanol–water partition coefficient (Wildman–Crippen LogP) is 1.30. The van der Waals surface area contributed by atoms with Crippen LogP contribution in [0, 0.1) is 0 Å². The first-order valence-corrected chi connectivity index (χ1v) is 8.09. The normalized spacial score (nSPS) is 10.2. The van der Waals surface area contributed by atoms with Crippen molar-refractivity contribution in [3.8, 4) is 0 Å². The molecule has 0 fully saturated rings. The van der Waals surface area contributed by atoms with Gasteiger partial charge in [-0.05, 0) is 30.7 Å². The fourth-order valence-electron chi connectivity index (χ4n) is 2.14. The van der Waals surface area contributed by atoms with E-state index in [0.717, 1.165) is 0 Å². The second-order valence-corrected chi connectivity index (χ2v) is 5.36. The van der Waals surface area contributed by atoms with E-state index in [9.17, 15) is 14.4 Å². The molecule has 0 radical (unpaired) electrons. The number of anilines is 1. The van der Waals surface area contributed by atoms with Gasteiger partial charge in [0.1, 0.15) is 5.76 Å². The molecule has 0 unspecified atom stereocenters. The zero-order valence-electron chi connectivity index (χ0n) is 14.4. The monoisotopic (exact) mass is 359 g/mol. The van der Waals surface area contributed by atoms with Crippen molar-refractivity contribution in [2.24, 2.45) is 0 Å². The van der Waals surface area contributed by atoms with E-state index in [1.807, 2.05) is 0 Å². The summed E-state index contributed by atoms with van der Waals surface area (Å²) >= 11 is 0. The topological polar surface area (TPSA) is 110 Å². The minimum Gasteiger partial charge on any atom is -0.467 e. The zero-order chi connectivity index (χ0) is 18.8. The molecule has 0 bridgehead atoms. The number of methoxy groups -OCH3 is 1. The lowest BCUT2D eigenvalue weighted by molar-refractivity contribution is -0.136. The van der Waals surface area contributed by atoms with Crippen LogP contribution in [0.2, 0.25) is 0 Å². The minimum atomic E-state index is -0.865. The van der Waals surface area contributed by atoms with Gasteiger partial charge in [-0.25, -0.2) is 0 Å². The second kappa shape index (κ2) is 10.00. The summed E-state index contributed by atoms with van der Waals surface area (Å²) in [7, 11) is 1.59. The third-order valence-corrected chi connectivity index (χ3v) is 3.44. The van der Waals surface area contributed by atoms with E-state index in [4.69, 9.17) is 9.15 Å². The van der Waals surface area contributed by atoms with E-state index in [1.165, 1.54) is 6.26 Å². The van der Waals surface area contributed by atoms with Crippen molar-refractivity contribution in [2.45, 2.75) is 13.0 Å². The molecule has 26 heavy (non-hydrogen) atoms. The third kappa shape index (κ3) is 5.75. The lowest BCUT2D eigenvalue weighted by atomic mass is 10.1. The van der Waals surface area contributed by atoms with Gasteiger partial charge >= 0.3 is 11.8 Å². The average Bonchev–Trinajstić information content (AvgIpc) is 3.17. The van der Waals surface area contributed by atoms with E-state index in [2.05, 4.69) is 16.0 Å². The van der Waals surface area contributed by atoms with E-state index in [1.54, 1.807) is 43.5 Å². The van der Waals surface area contributed by atoms with Crippen LogP contribution in [0.1, 0.15) is 22.5 Å². The predicted molar refractivity (Wildman–Crippen MR) is 94.5 cm³/mol. The molecule has 2 aromatic rings. The third-order valence-electron chi connectivity index (χ3n) is 3.44. The summed E-state index contributed by atoms with van der Waals surface area (Å²) in [4.78, 5) is 36.2. The summed E-state index contributed by atoms with van der Waals surface area (Å²) in [6, 6.07) is 9.84. The van der Waals surface area contributed by atoms with Crippen LogP contribution in [0.5, 0.6) is 0 Å². The SMILES string of the molecule is COCCCNC(=O)c1ccccc1NC(=O)C(=O)NCc1ccco1. The Hall–Kier alpha value is -3.13. The molecular weight excluding hydrogens is 338 g/mol. The Kier molecular flexibility index (Phi) is 7.38. The average molecular weight is 359 g/mol. The van der Waals surface area contributed by atoms with Gasteiger partial charge in [0, 0.05) is 20.3 Å². The highest BCUT2D eigenvalue weighted by Crippen LogP contribution is 2.14. The van der Waals surface area contributed by atoms with Crippen molar-refractivity contribution < 1.29 is 23.5 Å². The van der Waals surface area contributed by atoms with Crippen molar-refractivity contribution in [2.75, 3.05) is 25.6 Å². The highest BCUT2D eigenvalue weighted by Gasteiger charge is 2.17. The molecular formula is C18H21N3O5. The number of nitrogens with one attached hydrogen (secondary N) is 3. The van der Waals surface area contributed by atoms with Crippen molar-refractivity contribution in [1.29, 1.82) is 0 Å². The zero-order valence-corrected chi connectivity index (χ0v) is 14.4.